The highest BCUT2D eigenvalue weighted by atomic mass is 35.5. The topological polar surface area (TPSA) is 54.9 Å². The van der Waals surface area contributed by atoms with Crippen LogP contribution in [0.2, 0.25) is 5.02 Å². The number of nitrogens with one attached hydrogen (secondary N) is 1. The van der Waals surface area contributed by atoms with Gasteiger partial charge >= 0.3 is 0 Å². The Balaban J connectivity index is 2.06. The van der Waals surface area contributed by atoms with Crippen LogP contribution in [0.25, 0.3) is 0 Å². The molecule has 0 spiro atoms. The van der Waals surface area contributed by atoms with Crippen LogP contribution in [-0.2, 0) is 11.2 Å². The predicted octanol–water partition coefficient (Wildman–Crippen LogP) is 2.62. The van der Waals surface area contributed by atoms with Crippen LogP contribution in [0.5, 0.6) is 0 Å². The lowest BCUT2D eigenvalue weighted by molar-refractivity contribution is -0.120. The van der Waals surface area contributed by atoms with Gasteiger partial charge in [-0.05, 0) is 19.3 Å². The molecule has 1 aromatic rings. The van der Waals surface area contributed by atoms with Crippen molar-refractivity contribution in [3.05, 3.63) is 17.0 Å². The van der Waals surface area contributed by atoms with E-state index in [2.05, 4.69) is 15.3 Å². The maximum atomic E-state index is 11.1. The lowest BCUT2D eigenvalue weighted by Crippen LogP contribution is -2.26. The second-order valence-electron chi connectivity index (χ2n) is 4.29. The van der Waals surface area contributed by atoms with Crippen LogP contribution in [0.1, 0.15) is 38.3 Å². The van der Waals surface area contributed by atoms with Gasteiger partial charge in [0.1, 0.15) is 23.0 Å². The summed E-state index contributed by atoms with van der Waals surface area (Å²) in [4.78, 5) is 19.4. The van der Waals surface area contributed by atoms with Gasteiger partial charge < -0.3 is 5.32 Å². The summed E-state index contributed by atoms with van der Waals surface area (Å²) in [6, 6.07) is 0.296. The fourth-order valence-corrected chi connectivity index (χ4v) is 2.32. The molecule has 0 aliphatic heterocycles. The lowest BCUT2D eigenvalue weighted by atomic mass is 9.94. The third-order valence-corrected chi connectivity index (χ3v) is 3.48. The normalized spacial score (nSPS) is 17.2. The van der Waals surface area contributed by atoms with Crippen molar-refractivity contribution in [2.24, 2.45) is 0 Å². The number of carbonyl (C=O) groups excluding carboxylic acids is 1. The number of aromatic nitrogens is 2. The Hall–Kier alpha value is -1.16. The second-order valence-corrected chi connectivity index (χ2v) is 4.67. The molecule has 0 radical (unpaired) electrons. The van der Waals surface area contributed by atoms with Gasteiger partial charge in [-0.25, -0.2) is 9.97 Å². The van der Waals surface area contributed by atoms with E-state index in [1.54, 1.807) is 0 Å². The molecular formula is C12H16ClN3O. The molecule has 2 rings (SSSR count). The van der Waals surface area contributed by atoms with Crippen molar-refractivity contribution in [3.8, 4) is 0 Å². The molecule has 17 heavy (non-hydrogen) atoms. The fourth-order valence-electron chi connectivity index (χ4n) is 2.03. The van der Waals surface area contributed by atoms with E-state index in [1.165, 1.54) is 6.33 Å². The van der Waals surface area contributed by atoms with Crippen molar-refractivity contribution in [1.29, 1.82) is 0 Å². The maximum Gasteiger partial charge on any atom is 0.148 e. The number of carbonyl (C=O) groups is 1. The molecule has 0 unspecified atom stereocenters. The number of Topliss-reactive ketones (excluding diaryl/α,β-unsaturated/α-hetero) is 1. The van der Waals surface area contributed by atoms with Crippen molar-refractivity contribution < 1.29 is 4.79 Å². The number of nitrogens with zero attached hydrogens (tertiary/aromatic N) is 2. The Morgan fingerprint density at radius 3 is 2.76 bits per heavy atom. The number of halogens is 1. The van der Waals surface area contributed by atoms with Crippen LogP contribution >= 0.6 is 11.6 Å². The van der Waals surface area contributed by atoms with Crippen LogP contribution < -0.4 is 5.32 Å². The van der Waals surface area contributed by atoms with Crippen LogP contribution in [0.15, 0.2) is 6.33 Å². The number of hydrogen-bond donors (Lipinski definition) is 1. The van der Waals surface area contributed by atoms with E-state index in [0.29, 0.717) is 35.5 Å². The minimum atomic E-state index is 0.296. The molecule has 0 aromatic carbocycles. The molecule has 92 valence electrons. The first-order chi connectivity index (χ1) is 8.20. The average molecular weight is 254 g/mol. The fraction of sp³-hybridized carbons (Fsp3) is 0.583. The lowest BCUT2D eigenvalue weighted by Gasteiger charge is -2.23. The number of aryl methyl sites for hydroxylation is 1. The molecule has 1 N–H and O–H groups in total. The summed E-state index contributed by atoms with van der Waals surface area (Å²) in [6.07, 6.45) is 5.35. The molecule has 1 fully saturated rings. The van der Waals surface area contributed by atoms with Gasteiger partial charge in [-0.1, -0.05) is 18.5 Å². The van der Waals surface area contributed by atoms with Crippen molar-refractivity contribution in [3.63, 3.8) is 0 Å². The molecule has 1 aliphatic rings. The zero-order chi connectivity index (χ0) is 12.3. The summed E-state index contributed by atoms with van der Waals surface area (Å²) in [7, 11) is 0. The summed E-state index contributed by atoms with van der Waals surface area (Å²) in [5.74, 6) is 1.05. The molecule has 0 amide bonds. The van der Waals surface area contributed by atoms with E-state index in [9.17, 15) is 4.79 Å². The molecule has 0 saturated heterocycles. The van der Waals surface area contributed by atoms with Gasteiger partial charge in [0.05, 0.1) is 5.69 Å². The number of rotatable bonds is 3. The summed E-state index contributed by atoms with van der Waals surface area (Å²) >= 11 is 6.20. The molecular weight excluding hydrogens is 238 g/mol. The van der Waals surface area contributed by atoms with E-state index in [0.717, 1.165) is 25.0 Å². The van der Waals surface area contributed by atoms with Gasteiger partial charge in [0.2, 0.25) is 0 Å². The number of ketones is 1. The Kier molecular flexibility index (Phi) is 3.94. The number of hydrogen-bond acceptors (Lipinski definition) is 4. The maximum absolute atomic E-state index is 11.1. The first-order valence-corrected chi connectivity index (χ1v) is 6.36. The highest BCUT2D eigenvalue weighted by Gasteiger charge is 2.20. The molecule has 0 atom stereocenters. The largest absolute Gasteiger partial charge is 0.366 e. The van der Waals surface area contributed by atoms with Gasteiger partial charge in [-0.15, -0.1) is 0 Å². The summed E-state index contributed by atoms with van der Waals surface area (Å²) in [5, 5.41) is 3.91. The van der Waals surface area contributed by atoms with Crippen molar-refractivity contribution in [1.82, 2.24) is 9.97 Å². The van der Waals surface area contributed by atoms with Crippen LogP contribution in [-0.4, -0.2) is 21.8 Å². The Morgan fingerprint density at radius 1 is 1.41 bits per heavy atom. The van der Waals surface area contributed by atoms with E-state index in [4.69, 9.17) is 11.6 Å². The highest BCUT2D eigenvalue weighted by Crippen LogP contribution is 2.25. The molecule has 4 nitrogen and oxygen atoms in total. The second kappa shape index (κ2) is 5.45. The predicted molar refractivity (Wildman–Crippen MR) is 67.3 cm³/mol. The minimum Gasteiger partial charge on any atom is -0.366 e. The molecule has 1 heterocycles. The zero-order valence-electron chi connectivity index (χ0n) is 9.87. The zero-order valence-corrected chi connectivity index (χ0v) is 10.6. The summed E-state index contributed by atoms with van der Waals surface area (Å²) in [6.45, 7) is 2.01. The van der Waals surface area contributed by atoms with E-state index < -0.39 is 0 Å². The highest BCUT2D eigenvalue weighted by molar-refractivity contribution is 6.33. The van der Waals surface area contributed by atoms with Crippen LogP contribution in [0.4, 0.5) is 5.82 Å². The molecule has 1 saturated carbocycles. The van der Waals surface area contributed by atoms with E-state index in [1.807, 2.05) is 6.92 Å². The van der Waals surface area contributed by atoms with E-state index in [-0.39, 0.29) is 0 Å². The van der Waals surface area contributed by atoms with Crippen LogP contribution in [0.3, 0.4) is 0 Å². The van der Waals surface area contributed by atoms with E-state index >= 15 is 0 Å². The Labute approximate surface area is 106 Å². The SMILES string of the molecule is CCc1ncnc(NC2CCC(=O)CC2)c1Cl. The van der Waals surface area contributed by atoms with Crippen LogP contribution in [0, 0.1) is 0 Å². The summed E-state index contributed by atoms with van der Waals surface area (Å²) in [5.41, 5.74) is 0.857. The molecule has 1 aliphatic carbocycles. The quantitative estimate of drug-likeness (QED) is 0.900. The van der Waals surface area contributed by atoms with Crippen molar-refractivity contribution in [2.75, 3.05) is 5.32 Å². The first kappa shape index (κ1) is 12.3. The number of anilines is 1. The molecule has 0 bridgehead atoms. The van der Waals surface area contributed by atoms with Gasteiger partial charge in [-0.3, -0.25) is 4.79 Å². The average Bonchev–Trinajstić information content (AvgIpc) is 2.35. The van der Waals surface area contributed by atoms with Gasteiger partial charge in [0, 0.05) is 18.9 Å². The smallest absolute Gasteiger partial charge is 0.148 e. The Bertz CT molecular complexity index is 412. The minimum absolute atomic E-state index is 0.296. The van der Waals surface area contributed by atoms with Gasteiger partial charge in [0.15, 0.2) is 0 Å². The van der Waals surface area contributed by atoms with Crippen molar-refractivity contribution in [2.45, 2.75) is 45.1 Å². The van der Waals surface area contributed by atoms with Crippen molar-refractivity contribution >= 4 is 23.2 Å². The monoisotopic (exact) mass is 253 g/mol. The summed E-state index contributed by atoms with van der Waals surface area (Å²) < 4.78 is 0. The first-order valence-electron chi connectivity index (χ1n) is 5.98. The third-order valence-electron chi connectivity index (χ3n) is 3.08. The molecule has 1 aromatic heterocycles. The molecule has 5 heteroatoms. The third kappa shape index (κ3) is 2.94. The van der Waals surface area contributed by atoms with Gasteiger partial charge in [0.25, 0.3) is 0 Å². The standard InChI is InChI=1S/C12H16ClN3O/c1-2-10-11(13)12(15-7-14-10)16-8-3-5-9(17)6-4-8/h7-8H,2-6H2,1H3,(H,14,15,16). The van der Waals surface area contributed by atoms with Gasteiger partial charge in [-0.2, -0.15) is 0 Å². The Morgan fingerprint density at radius 2 is 2.12 bits per heavy atom.